The largest absolute Gasteiger partial charge is 0.325 e. The fourth-order valence-corrected chi connectivity index (χ4v) is 5.96. The van der Waals surface area contributed by atoms with Crippen molar-refractivity contribution in [2.24, 2.45) is 11.8 Å². The van der Waals surface area contributed by atoms with Gasteiger partial charge in [-0.05, 0) is 75.8 Å². The van der Waals surface area contributed by atoms with Gasteiger partial charge in [0.05, 0.1) is 18.2 Å². The Bertz CT molecular complexity index is 1090. The predicted molar refractivity (Wildman–Crippen MR) is 132 cm³/mol. The van der Waals surface area contributed by atoms with Gasteiger partial charge in [0.25, 0.3) is 5.91 Å². The van der Waals surface area contributed by atoms with E-state index in [4.69, 9.17) is 9.47 Å². The molecule has 0 aromatic heterocycles. The van der Waals surface area contributed by atoms with Crippen LogP contribution in [0.2, 0.25) is 0 Å². The minimum atomic E-state index is -0.896. The van der Waals surface area contributed by atoms with E-state index < -0.39 is 5.91 Å². The maximum Gasteiger partial charge on any atom is 0.282 e. The summed E-state index contributed by atoms with van der Waals surface area (Å²) in [6.07, 6.45) is 3.75. The number of fused-ring (bicyclic) bond motifs is 7. The number of anilines is 1. The summed E-state index contributed by atoms with van der Waals surface area (Å²) in [5, 5.41) is 0. The van der Waals surface area contributed by atoms with Crippen LogP contribution >= 0.6 is 0 Å². The normalized spacial score (nSPS) is 30.9. The summed E-state index contributed by atoms with van der Waals surface area (Å²) >= 11 is 0. The van der Waals surface area contributed by atoms with E-state index in [0.717, 1.165) is 6.42 Å². The number of ether oxygens (including phenoxy) is 2. The summed E-state index contributed by atoms with van der Waals surface area (Å²) in [6, 6.07) is 11.6. The smallest absolute Gasteiger partial charge is 0.282 e. The molecular formula is C29H37NO2. The maximum atomic E-state index is 6.91. The van der Waals surface area contributed by atoms with Crippen molar-refractivity contribution in [1.82, 2.24) is 0 Å². The van der Waals surface area contributed by atoms with Crippen molar-refractivity contribution < 1.29 is 9.47 Å². The predicted octanol–water partition coefficient (Wildman–Crippen LogP) is 7.19. The molecule has 3 nitrogen and oxygen atoms in total. The van der Waals surface area contributed by atoms with Crippen molar-refractivity contribution in [3.05, 3.63) is 69.8 Å². The SMILES string of the molecule is Cc1ccc2c(c1)C(CC(C)C)=CC1c3cc(C)cc(C)c3C3(OC(C)C(C)C(C)O3)N21. The lowest BCUT2D eigenvalue weighted by Gasteiger charge is -2.51. The quantitative estimate of drug-likeness (QED) is 0.502. The van der Waals surface area contributed by atoms with Crippen LogP contribution in [0.3, 0.4) is 0 Å². The molecule has 170 valence electrons. The highest BCUT2D eigenvalue weighted by Crippen LogP contribution is 2.59. The van der Waals surface area contributed by atoms with Gasteiger partial charge >= 0.3 is 0 Å². The molecule has 5 rings (SSSR count). The third-order valence-corrected chi connectivity index (χ3v) is 7.66. The van der Waals surface area contributed by atoms with E-state index in [0.29, 0.717) is 11.8 Å². The summed E-state index contributed by atoms with van der Waals surface area (Å²) in [6.45, 7) is 17.8. The van der Waals surface area contributed by atoms with Gasteiger partial charge in [-0.1, -0.05) is 56.2 Å². The van der Waals surface area contributed by atoms with Crippen molar-refractivity contribution in [2.45, 2.75) is 86.0 Å². The first-order valence-corrected chi connectivity index (χ1v) is 12.2. The number of allylic oxidation sites excluding steroid dienone is 1. The maximum absolute atomic E-state index is 6.91. The molecule has 0 amide bonds. The Hall–Kier alpha value is -2.10. The lowest BCUT2D eigenvalue weighted by Crippen LogP contribution is -2.57. The average Bonchev–Trinajstić information content (AvgIpc) is 2.95. The van der Waals surface area contributed by atoms with Crippen molar-refractivity contribution in [2.75, 3.05) is 4.90 Å². The van der Waals surface area contributed by atoms with E-state index in [9.17, 15) is 0 Å². The monoisotopic (exact) mass is 431 g/mol. The summed E-state index contributed by atoms with van der Waals surface area (Å²) in [5.41, 5.74) is 10.3. The molecule has 3 atom stereocenters. The number of aryl methyl sites for hydroxylation is 3. The zero-order valence-corrected chi connectivity index (χ0v) is 20.8. The second-order valence-electron chi connectivity index (χ2n) is 10.8. The van der Waals surface area contributed by atoms with Crippen LogP contribution in [0.15, 0.2) is 36.4 Å². The fourth-order valence-electron chi connectivity index (χ4n) is 5.96. The first-order valence-electron chi connectivity index (χ1n) is 12.2. The van der Waals surface area contributed by atoms with E-state index in [1.807, 2.05) is 0 Å². The molecule has 32 heavy (non-hydrogen) atoms. The number of rotatable bonds is 2. The van der Waals surface area contributed by atoms with Crippen LogP contribution in [0.4, 0.5) is 5.69 Å². The topological polar surface area (TPSA) is 21.7 Å². The number of nitrogens with zero attached hydrogens (tertiary/aromatic N) is 1. The van der Waals surface area contributed by atoms with Crippen molar-refractivity contribution in [1.29, 1.82) is 0 Å². The molecule has 2 aromatic rings. The van der Waals surface area contributed by atoms with Crippen LogP contribution in [0.1, 0.15) is 80.5 Å². The van der Waals surface area contributed by atoms with Gasteiger partial charge < -0.3 is 14.4 Å². The lowest BCUT2D eigenvalue weighted by molar-refractivity contribution is -0.335. The van der Waals surface area contributed by atoms with E-state index >= 15 is 0 Å². The van der Waals surface area contributed by atoms with E-state index in [1.54, 1.807) is 0 Å². The highest BCUT2D eigenvalue weighted by molar-refractivity contribution is 5.84. The highest BCUT2D eigenvalue weighted by atomic mass is 16.7. The van der Waals surface area contributed by atoms with Crippen molar-refractivity contribution in [3.8, 4) is 0 Å². The fraction of sp³-hybridized carbons (Fsp3) is 0.517. The van der Waals surface area contributed by atoms with Gasteiger partial charge in [0, 0.05) is 22.7 Å². The molecule has 3 aliphatic heterocycles. The number of hydrogen-bond acceptors (Lipinski definition) is 3. The Kier molecular flexibility index (Phi) is 5.07. The molecule has 0 N–H and O–H groups in total. The summed E-state index contributed by atoms with van der Waals surface area (Å²) < 4.78 is 13.8. The lowest BCUT2D eigenvalue weighted by atomic mass is 9.87. The van der Waals surface area contributed by atoms with Crippen LogP contribution in [0, 0.1) is 32.6 Å². The molecule has 3 heterocycles. The van der Waals surface area contributed by atoms with Gasteiger partial charge in [0.2, 0.25) is 0 Å². The molecule has 3 heteroatoms. The van der Waals surface area contributed by atoms with Gasteiger partial charge in [-0.25, -0.2) is 0 Å². The zero-order chi connectivity index (χ0) is 22.9. The Morgan fingerprint density at radius 2 is 1.62 bits per heavy atom. The Balaban J connectivity index is 1.80. The molecule has 2 aromatic carbocycles. The summed E-state index contributed by atoms with van der Waals surface area (Å²) in [5.74, 6) is 0.0361. The van der Waals surface area contributed by atoms with E-state index in [-0.39, 0.29) is 18.2 Å². The molecule has 1 fully saturated rings. The van der Waals surface area contributed by atoms with Gasteiger partial charge in [0.15, 0.2) is 0 Å². The molecule has 0 saturated carbocycles. The Labute approximate surface area is 193 Å². The van der Waals surface area contributed by atoms with Crippen molar-refractivity contribution >= 4 is 11.3 Å². The van der Waals surface area contributed by atoms with Gasteiger partial charge in [-0.3, -0.25) is 0 Å². The highest BCUT2D eigenvalue weighted by Gasteiger charge is 2.59. The molecule has 1 saturated heterocycles. The van der Waals surface area contributed by atoms with Gasteiger partial charge in [-0.2, -0.15) is 0 Å². The standard InChI is InChI=1S/C29H37NO2/c1-16(2)11-23-15-27-25-14-18(4)12-19(5)28(25)29(31-21(7)20(6)22(8)32-29)30(27)26-10-9-17(3)13-24(23)26/h9-10,12-16,20-22,27H,11H2,1-8H3. The first kappa shape index (κ1) is 21.7. The summed E-state index contributed by atoms with van der Waals surface area (Å²) in [4.78, 5) is 2.43. The second kappa shape index (κ2) is 7.46. The van der Waals surface area contributed by atoms with Crippen LogP contribution < -0.4 is 4.90 Å². The third kappa shape index (κ3) is 3.08. The van der Waals surface area contributed by atoms with Crippen LogP contribution in [-0.2, 0) is 15.4 Å². The van der Waals surface area contributed by atoms with Crippen LogP contribution in [0.5, 0.6) is 0 Å². The van der Waals surface area contributed by atoms with Gasteiger partial charge in [0.1, 0.15) is 0 Å². The Morgan fingerprint density at radius 3 is 2.28 bits per heavy atom. The Morgan fingerprint density at radius 1 is 0.938 bits per heavy atom. The van der Waals surface area contributed by atoms with E-state index in [2.05, 4.69) is 96.7 Å². The minimum absolute atomic E-state index is 0.0981. The van der Waals surface area contributed by atoms with Crippen molar-refractivity contribution in [3.63, 3.8) is 0 Å². The van der Waals surface area contributed by atoms with Gasteiger partial charge in [-0.15, -0.1) is 0 Å². The van der Waals surface area contributed by atoms with Crippen LogP contribution in [-0.4, -0.2) is 12.2 Å². The van der Waals surface area contributed by atoms with E-state index in [1.165, 1.54) is 44.6 Å². The summed E-state index contributed by atoms with van der Waals surface area (Å²) in [7, 11) is 0. The second-order valence-corrected chi connectivity index (χ2v) is 10.8. The molecular weight excluding hydrogens is 394 g/mol. The molecule has 1 spiro atoms. The zero-order valence-electron chi connectivity index (χ0n) is 20.8. The third-order valence-electron chi connectivity index (χ3n) is 7.66. The molecule has 3 aliphatic rings. The van der Waals surface area contributed by atoms with Crippen LogP contribution in [0.25, 0.3) is 5.57 Å². The molecule has 3 unspecified atom stereocenters. The molecule has 0 aliphatic carbocycles. The first-order chi connectivity index (χ1) is 15.1. The molecule has 0 radical (unpaired) electrons. The average molecular weight is 432 g/mol. The number of benzene rings is 2. The molecule has 0 bridgehead atoms. The number of hydrogen-bond donors (Lipinski definition) is 0. The minimum Gasteiger partial charge on any atom is -0.325 e.